The Morgan fingerprint density at radius 1 is 1.43 bits per heavy atom. The highest BCUT2D eigenvalue weighted by Gasteiger charge is 2.47. The number of ether oxygens (including phenoxy) is 2. The molecule has 23 heavy (non-hydrogen) atoms. The summed E-state index contributed by atoms with van der Waals surface area (Å²) < 4.78 is 10.3. The zero-order chi connectivity index (χ0) is 16.6. The van der Waals surface area contributed by atoms with E-state index < -0.39 is 17.7 Å². The predicted molar refractivity (Wildman–Crippen MR) is 84.3 cm³/mol. The maximum atomic E-state index is 11.9. The summed E-state index contributed by atoms with van der Waals surface area (Å²) in [7, 11) is 1.34. The lowest BCUT2D eigenvalue weighted by molar-refractivity contribution is 0.0404. The molecule has 0 fully saturated rings. The van der Waals surface area contributed by atoms with Crippen LogP contribution in [-0.4, -0.2) is 31.5 Å². The number of alkyl carbamates (subject to hydrolysis) is 1. The van der Waals surface area contributed by atoms with Crippen LogP contribution >= 0.6 is 0 Å². The number of hydrogen-bond acceptors (Lipinski definition) is 5. The van der Waals surface area contributed by atoms with Crippen molar-refractivity contribution in [3.63, 3.8) is 0 Å². The molecule has 3 rings (SSSR count). The van der Waals surface area contributed by atoms with E-state index in [1.54, 1.807) is 18.2 Å². The average Bonchev–Trinajstić information content (AvgIpc) is 2.90. The Balaban J connectivity index is 2.05. The first-order valence-corrected chi connectivity index (χ1v) is 7.07. The lowest BCUT2D eigenvalue weighted by atomic mass is 9.89. The highest BCUT2D eigenvalue weighted by atomic mass is 16.6. The summed E-state index contributed by atoms with van der Waals surface area (Å²) in [5, 5.41) is 2.53. The fourth-order valence-corrected chi connectivity index (χ4v) is 3.19. The van der Waals surface area contributed by atoms with E-state index in [2.05, 4.69) is 23.6 Å². The van der Waals surface area contributed by atoms with Crippen LogP contribution < -0.4 is 5.32 Å². The molecule has 6 nitrogen and oxygen atoms in total. The van der Waals surface area contributed by atoms with Gasteiger partial charge in [0.25, 0.3) is 0 Å². The summed E-state index contributed by atoms with van der Waals surface area (Å²) in [4.78, 5) is 27.4. The van der Waals surface area contributed by atoms with Gasteiger partial charge >= 0.3 is 12.1 Å². The minimum absolute atomic E-state index is 0.359. The Bertz CT molecular complexity index is 766. The van der Waals surface area contributed by atoms with Crippen LogP contribution in [0.25, 0.3) is 0 Å². The molecule has 118 valence electrons. The number of rotatable bonds is 3. The molecule has 1 unspecified atom stereocenters. The van der Waals surface area contributed by atoms with Gasteiger partial charge in [0, 0.05) is 18.4 Å². The number of esters is 1. The van der Waals surface area contributed by atoms with Gasteiger partial charge in [0.05, 0.1) is 12.7 Å². The number of hydrogen-bond donors (Lipinski definition) is 1. The Labute approximate surface area is 133 Å². The van der Waals surface area contributed by atoms with E-state index in [-0.39, 0.29) is 0 Å². The van der Waals surface area contributed by atoms with Crippen molar-refractivity contribution in [1.82, 2.24) is 5.32 Å². The van der Waals surface area contributed by atoms with Crippen LogP contribution in [0.5, 0.6) is 0 Å². The van der Waals surface area contributed by atoms with Crippen LogP contribution in [-0.2, 0) is 22.3 Å². The molecule has 0 bridgehead atoms. The minimum atomic E-state index is -0.863. The van der Waals surface area contributed by atoms with Gasteiger partial charge in [-0.25, -0.2) is 14.6 Å². The van der Waals surface area contributed by atoms with Crippen LogP contribution in [0.1, 0.15) is 21.5 Å². The smallest absolute Gasteiger partial charge is 0.413 e. The van der Waals surface area contributed by atoms with E-state index in [0.29, 0.717) is 29.8 Å². The van der Waals surface area contributed by atoms with Crippen molar-refractivity contribution in [2.75, 3.05) is 7.11 Å². The number of aliphatic imine (C=N–C) groups is 1. The average molecular weight is 312 g/mol. The molecule has 1 aliphatic carbocycles. The molecule has 1 aliphatic heterocycles. The molecule has 1 spiro atoms. The third kappa shape index (κ3) is 2.32. The van der Waals surface area contributed by atoms with Crippen LogP contribution in [0.15, 0.2) is 47.2 Å². The van der Waals surface area contributed by atoms with E-state index in [0.717, 1.165) is 11.1 Å². The van der Waals surface area contributed by atoms with Gasteiger partial charge in [-0.2, -0.15) is 0 Å². The zero-order valence-corrected chi connectivity index (χ0v) is 12.7. The fourth-order valence-electron chi connectivity index (χ4n) is 3.19. The first kappa shape index (κ1) is 15.0. The largest absolute Gasteiger partial charge is 0.465 e. The zero-order valence-electron chi connectivity index (χ0n) is 12.7. The molecular formula is C17H16N2O4. The SMILES string of the molecule is C=CC1=C(N=C)NC(=O)OC12Cc1ccc(C(=O)OC)cc1C2. The number of fused-ring (bicyclic) bond motifs is 1. The molecule has 0 aromatic heterocycles. The molecule has 1 aromatic carbocycles. The van der Waals surface area contributed by atoms with Gasteiger partial charge in [-0.3, -0.25) is 5.32 Å². The number of amides is 1. The first-order chi connectivity index (χ1) is 11.0. The molecule has 6 heteroatoms. The number of benzene rings is 1. The van der Waals surface area contributed by atoms with Gasteiger partial charge in [-0.05, 0) is 30.0 Å². The van der Waals surface area contributed by atoms with Crippen molar-refractivity contribution >= 4 is 18.8 Å². The number of methoxy groups -OCH3 is 1. The highest BCUT2D eigenvalue weighted by Crippen LogP contribution is 2.42. The summed E-state index contributed by atoms with van der Waals surface area (Å²) in [5.41, 5.74) is 2.23. The van der Waals surface area contributed by atoms with Gasteiger partial charge < -0.3 is 9.47 Å². The van der Waals surface area contributed by atoms with Gasteiger partial charge in [0.1, 0.15) is 5.82 Å². The highest BCUT2D eigenvalue weighted by molar-refractivity contribution is 5.89. The number of carbonyl (C=O) groups excluding carboxylic acids is 2. The normalized spacial score (nSPS) is 22.2. The number of nitrogens with one attached hydrogen (secondary N) is 1. The molecule has 1 amide bonds. The van der Waals surface area contributed by atoms with Crippen LogP contribution in [0, 0.1) is 0 Å². The van der Waals surface area contributed by atoms with Gasteiger partial charge in [0.2, 0.25) is 0 Å². The summed E-state index contributed by atoms with van der Waals surface area (Å²) in [5.74, 6) is -0.0405. The second-order valence-corrected chi connectivity index (χ2v) is 5.46. The fraction of sp³-hybridized carbons (Fsp3) is 0.235. The van der Waals surface area contributed by atoms with Crippen LogP contribution in [0.2, 0.25) is 0 Å². The summed E-state index contributed by atoms with van der Waals surface area (Å²) in [6.07, 6.45) is 1.99. The van der Waals surface area contributed by atoms with Crippen LogP contribution in [0.3, 0.4) is 0 Å². The maximum absolute atomic E-state index is 11.9. The lowest BCUT2D eigenvalue weighted by Crippen LogP contribution is -2.47. The van der Waals surface area contributed by atoms with Gasteiger partial charge in [0.15, 0.2) is 5.60 Å². The van der Waals surface area contributed by atoms with Crippen molar-refractivity contribution < 1.29 is 19.1 Å². The molecular weight excluding hydrogens is 296 g/mol. The Hall–Kier alpha value is -2.89. The number of nitrogens with zero attached hydrogens (tertiary/aromatic N) is 1. The molecule has 0 radical (unpaired) electrons. The number of carbonyl (C=O) groups is 2. The van der Waals surface area contributed by atoms with E-state index in [9.17, 15) is 9.59 Å². The van der Waals surface area contributed by atoms with Crippen molar-refractivity contribution in [2.24, 2.45) is 4.99 Å². The predicted octanol–water partition coefficient (Wildman–Crippen LogP) is 2.15. The van der Waals surface area contributed by atoms with E-state index >= 15 is 0 Å². The van der Waals surface area contributed by atoms with Crippen molar-refractivity contribution in [3.05, 3.63) is 58.9 Å². The minimum Gasteiger partial charge on any atom is -0.465 e. The summed E-state index contributed by atoms with van der Waals surface area (Å²) in [6.45, 7) is 7.28. The third-order valence-electron chi connectivity index (χ3n) is 4.20. The standard InChI is InChI=1S/C17H16N2O4/c1-4-13-14(18-2)19-16(21)23-17(13)8-11-6-5-10(15(20)22-3)7-12(11)9-17/h4-7H,1-2,8-9H2,3H3,(H,19,21). The maximum Gasteiger partial charge on any atom is 0.413 e. The molecule has 1 heterocycles. The molecule has 0 saturated carbocycles. The molecule has 0 saturated heterocycles. The second kappa shape index (κ2) is 5.39. The lowest BCUT2D eigenvalue weighted by Gasteiger charge is -2.35. The molecule has 2 aliphatic rings. The van der Waals surface area contributed by atoms with Crippen LogP contribution in [0.4, 0.5) is 4.79 Å². The third-order valence-corrected chi connectivity index (χ3v) is 4.20. The Kier molecular flexibility index (Phi) is 3.52. The molecule has 1 N–H and O–H groups in total. The van der Waals surface area contributed by atoms with E-state index in [1.807, 2.05) is 6.07 Å². The first-order valence-electron chi connectivity index (χ1n) is 7.07. The second-order valence-electron chi connectivity index (χ2n) is 5.46. The van der Waals surface area contributed by atoms with E-state index in [4.69, 9.17) is 9.47 Å². The Morgan fingerprint density at radius 3 is 2.83 bits per heavy atom. The van der Waals surface area contributed by atoms with Crippen molar-refractivity contribution in [1.29, 1.82) is 0 Å². The van der Waals surface area contributed by atoms with E-state index in [1.165, 1.54) is 7.11 Å². The monoisotopic (exact) mass is 312 g/mol. The summed E-state index contributed by atoms with van der Waals surface area (Å²) >= 11 is 0. The Morgan fingerprint density at radius 2 is 2.17 bits per heavy atom. The van der Waals surface area contributed by atoms with Gasteiger partial charge in [-0.1, -0.05) is 18.7 Å². The van der Waals surface area contributed by atoms with Gasteiger partial charge in [-0.15, -0.1) is 0 Å². The molecule has 1 aromatic rings. The quantitative estimate of drug-likeness (QED) is 0.685. The summed E-state index contributed by atoms with van der Waals surface area (Å²) in [6, 6.07) is 5.33. The van der Waals surface area contributed by atoms with Crippen molar-refractivity contribution in [2.45, 2.75) is 18.4 Å². The van der Waals surface area contributed by atoms with Crippen molar-refractivity contribution in [3.8, 4) is 0 Å². The topological polar surface area (TPSA) is 77.0 Å². The molecule has 1 atom stereocenters.